The molecule has 29 heavy (non-hydrogen) atoms. The summed E-state index contributed by atoms with van der Waals surface area (Å²) in [5.41, 5.74) is 1.67. The molecule has 0 N–H and O–H groups in total. The van der Waals surface area contributed by atoms with E-state index in [2.05, 4.69) is 0 Å². The normalized spacial score (nSPS) is 19.0. The standard InChI is InChI=1S/C22H31N3O4/c1-16-5-7-17(8-6-16)15-24-13-14-25(20(27)19(24)26)18-9-11-23(12-10-18)21(28)29-22(2,3)4/h5-8,18H,9-15H2,1-4H3. The molecule has 2 aliphatic rings. The summed E-state index contributed by atoms with van der Waals surface area (Å²) in [6.07, 6.45) is 1.01. The Morgan fingerprint density at radius 3 is 2.21 bits per heavy atom. The largest absolute Gasteiger partial charge is 0.444 e. The van der Waals surface area contributed by atoms with Gasteiger partial charge in [-0.25, -0.2) is 4.79 Å². The number of hydrogen-bond donors (Lipinski definition) is 0. The molecular weight excluding hydrogens is 370 g/mol. The Kier molecular flexibility index (Phi) is 6.15. The first-order valence-electron chi connectivity index (χ1n) is 10.3. The van der Waals surface area contributed by atoms with Crippen molar-refractivity contribution in [2.45, 2.75) is 58.7 Å². The van der Waals surface area contributed by atoms with E-state index in [1.807, 2.05) is 52.0 Å². The van der Waals surface area contributed by atoms with E-state index in [0.29, 0.717) is 45.6 Å². The highest BCUT2D eigenvalue weighted by Crippen LogP contribution is 2.22. The summed E-state index contributed by atoms with van der Waals surface area (Å²) in [5.74, 6) is -0.870. The molecule has 158 valence electrons. The van der Waals surface area contributed by atoms with Gasteiger partial charge in [-0.05, 0) is 46.1 Å². The van der Waals surface area contributed by atoms with Crippen molar-refractivity contribution in [3.05, 3.63) is 35.4 Å². The lowest BCUT2D eigenvalue weighted by atomic mass is 10.0. The van der Waals surface area contributed by atoms with Gasteiger partial charge in [-0.3, -0.25) is 9.59 Å². The van der Waals surface area contributed by atoms with E-state index < -0.39 is 17.4 Å². The number of benzene rings is 1. The summed E-state index contributed by atoms with van der Waals surface area (Å²) in [6.45, 7) is 10.1. The molecule has 3 amide bonds. The van der Waals surface area contributed by atoms with Gasteiger partial charge in [-0.1, -0.05) is 29.8 Å². The minimum Gasteiger partial charge on any atom is -0.444 e. The number of carbonyl (C=O) groups is 3. The second-order valence-electron chi connectivity index (χ2n) is 8.91. The van der Waals surface area contributed by atoms with Crippen LogP contribution in [0.3, 0.4) is 0 Å². The molecule has 2 heterocycles. The van der Waals surface area contributed by atoms with Gasteiger partial charge in [0.15, 0.2) is 0 Å². The molecule has 0 spiro atoms. The SMILES string of the molecule is Cc1ccc(CN2CCN(C3CCN(C(=O)OC(C)(C)C)CC3)C(=O)C2=O)cc1. The lowest BCUT2D eigenvalue weighted by molar-refractivity contribution is -0.158. The number of piperidine rings is 1. The Morgan fingerprint density at radius 2 is 1.62 bits per heavy atom. The van der Waals surface area contributed by atoms with E-state index in [1.54, 1.807) is 14.7 Å². The summed E-state index contributed by atoms with van der Waals surface area (Å²) in [4.78, 5) is 42.6. The van der Waals surface area contributed by atoms with Gasteiger partial charge >= 0.3 is 17.9 Å². The molecule has 7 nitrogen and oxygen atoms in total. The Bertz CT molecular complexity index is 761. The number of likely N-dealkylation sites (tertiary alicyclic amines) is 1. The Morgan fingerprint density at radius 1 is 1.00 bits per heavy atom. The van der Waals surface area contributed by atoms with Crippen molar-refractivity contribution in [1.82, 2.24) is 14.7 Å². The molecule has 0 bridgehead atoms. The van der Waals surface area contributed by atoms with Gasteiger partial charge in [0.25, 0.3) is 0 Å². The number of hydrogen-bond acceptors (Lipinski definition) is 4. The molecule has 3 rings (SSSR count). The van der Waals surface area contributed by atoms with Gasteiger partial charge < -0.3 is 19.4 Å². The maximum absolute atomic E-state index is 12.7. The fourth-order valence-corrected chi connectivity index (χ4v) is 3.79. The summed E-state index contributed by atoms with van der Waals surface area (Å²) >= 11 is 0. The molecule has 0 atom stereocenters. The third kappa shape index (κ3) is 5.28. The number of nitrogens with zero attached hydrogens (tertiary/aromatic N) is 3. The van der Waals surface area contributed by atoms with Crippen molar-refractivity contribution in [3.63, 3.8) is 0 Å². The smallest absolute Gasteiger partial charge is 0.410 e. The van der Waals surface area contributed by atoms with Gasteiger partial charge in [-0.2, -0.15) is 0 Å². The summed E-state index contributed by atoms with van der Waals surface area (Å²) in [5, 5.41) is 0. The van der Waals surface area contributed by atoms with Crippen LogP contribution >= 0.6 is 0 Å². The zero-order valence-electron chi connectivity index (χ0n) is 17.8. The van der Waals surface area contributed by atoms with Crippen LogP contribution in [-0.4, -0.2) is 70.4 Å². The fraction of sp³-hybridized carbons (Fsp3) is 0.591. The van der Waals surface area contributed by atoms with Crippen molar-refractivity contribution in [2.75, 3.05) is 26.2 Å². The number of piperazine rings is 1. The Balaban J connectivity index is 1.53. The maximum atomic E-state index is 12.7. The number of rotatable bonds is 3. The van der Waals surface area contributed by atoms with E-state index in [1.165, 1.54) is 5.56 Å². The lowest BCUT2D eigenvalue weighted by Crippen LogP contribution is -2.59. The number of amides is 3. The van der Waals surface area contributed by atoms with E-state index in [0.717, 1.165) is 5.56 Å². The molecule has 0 radical (unpaired) electrons. The average Bonchev–Trinajstić information content (AvgIpc) is 2.66. The third-order valence-electron chi connectivity index (χ3n) is 5.39. The van der Waals surface area contributed by atoms with Crippen molar-refractivity contribution in [2.24, 2.45) is 0 Å². The molecule has 2 fully saturated rings. The molecule has 1 aromatic carbocycles. The van der Waals surface area contributed by atoms with Gasteiger partial charge in [-0.15, -0.1) is 0 Å². The molecule has 7 heteroatoms. The van der Waals surface area contributed by atoms with Crippen LogP contribution in [0.25, 0.3) is 0 Å². The lowest BCUT2D eigenvalue weighted by Gasteiger charge is -2.42. The predicted octanol–water partition coefficient (Wildman–Crippen LogP) is 2.57. The highest BCUT2D eigenvalue weighted by Gasteiger charge is 2.38. The first kappa shape index (κ1) is 21.1. The summed E-state index contributed by atoms with van der Waals surface area (Å²) in [6, 6.07) is 8.00. The Labute approximate surface area is 172 Å². The van der Waals surface area contributed by atoms with E-state index in [9.17, 15) is 14.4 Å². The third-order valence-corrected chi connectivity index (χ3v) is 5.39. The van der Waals surface area contributed by atoms with Crippen LogP contribution in [0.5, 0.6) is 0 Å². The molecule has 0 aromatic heterocycles. The topological polar surface area (TPSA) is 70.2 Å². The van der Waals surface area contributed by atoms with Gasteiger partial charge in [0, 0.05) is 38.8 Å². The van der Waals surface area contributed by atoms with Crippen LogP contribution in [0.15, 0.2) is 24.3 Å². The zero-order valence-corrected chi connectivity index (χ0v) is 17.8. The average molecular weight is 402 g/mol. The van der Waals surface area contributed by atoms with Crippen LogP contribution in [0.4, 0.5) is 4.79 Å². The molecule has 0 unspecified atom stereocenters. The van der Waals surface area contributed by atoms with E-state index in [-0.39, 0.29) is 12.1 Å². The van der Waals surface area contributed by atoms with Crippen molar-refractivity contribution in [1.29, 1.82) is 0 Å². The van der Waals surface area contributed by atoms with Crippen LogP contribution in [0.1, 0.15) is 44.7 Å². The predicted molar refractivity (Wildman–Crippen MR) is 109 cm³/mol. The van der Waals surface area contributed by atoms with Crippen molar-refractivity contribution < 1.29 is 19.1 Å². The number of aryl methyl sites for hydroxylation is 1. The van der Waals surface area contributed by atoms with Gasteiger partial charge in [0.2, 0.25) is 0 Å². The monoisotopic (exact) mass is 401 g/mol. The highest BCUT2D eigenvalue weighted by molar-refractivity contribution is 6.35. The quantitative estimate of drug-likeness (QED) is 0.730. The maximum Gasteiger partial charge on any atom is 0.410 e. The summed E-state index contributed by atoms with van der Waals surface area (Å²) < 4.78 is 5.42. The molecule has 1 aromatic rings. The minimum atomic E-state index is -0.524. The van der Waals surface area contributed by atoms with Crippen LogP contribution < -0.4 is 0 Å². The Hall–Kier alpha value is -2.57. The molecule has 0 aliphatic carbocycles. The minimum absolute atomic E-state index is 0.00772. The summed E-state index contributed by atoms with van der Waals surface area (Å²) in [7, 11) is 0. The van der Waals surface area contributed by atoms with Crippen LogP contribution in [0, 0.1) is 6.92 Å². The molecule has 0 saturated carbocycles. The highest BCUT2D eigenvalue weighted by atomic mass is 16.6. The van der Waals surface area contributed by atoms with Crippen LogP contribution in [-0.2, 0) is 20.9 Å². The first-order valence-corrected chi connectivity index (χ1v) is 10.3. The van der Waals surface area contributed by atoms with E-state index >= 15 is 0 Å². The molecular formula is C22H31N3O4. The molecule has 2 saturated heterocycles. The van der Waals surface area contributed by atoms with Crippen molar-refractivity contribution >= 4 is 17.9 Å². The van der Waals surface area contributed by atoms with Crippen molar-refractivity contribution in [3.8, 4) is 0 Å². The van der Waals surface area contributed by atoms with E-state index in [4.69, 9.17) is 4.74 Å². The fourth-order valence-electron chi connectivity index (χ4n) is 3.79. The number of ether oxygens (including phenoxy) is 1. The second kappa shape index (κ2) is 8.43. The van der Waals surface area contributed by atoms with Gasteiger partial charge in [0.05, 0.1) is 0 Å². The number of carbonyl (C=O) groups excluding carboxylic acids is 3. The van der Waals surface area contributed by atoms with Crippen LogP contribution in [0.2, 0.25) is 0 Å². The zero-order chi connectivity index (χ0) is 21.2. The molecule has 2 aliphatic heterocycles. The second-order valence-corrected chi connectivity index (χ2v) is 8.91. The first-order chi connectivity index (χ1) is 13.6. The van der Waals surface area contributed by atoms with Gasteiger partial charge in [0.1, 0.15) is 5.60 Å².